The summed E-state index contributed by atoms with van der Waals surface area (Å²) in [4.78, 5) is 15.5. The van der Waals surface area contributed by atoms with Crippen molar-refractivity contribution in [3.63, 3.8) is 0 Å². The zero-order valence-electron chi connectivity index (χ0n) is 6.29. The van der Waals surface area contributed by atoms with E-state index in [1.165, 1.54) is 21.1 Å². The number of hydroxylamine groups is 2. The molecular weight excluding hydrogens is 132 g/mol. The van der Waals surface area contributed by atoms with Crippen molar-refractivity contribution < 1.29 is 9.63 Å². The fourth-order valence-corrected chi connectivity index (χ4v) is 0.418. The van der Waals surface area contributed by atoms with Crippen molar-refractivity contribution in [1.29, 1.82) is 5.26 Å². The topological polar surface area (TPSA) is 53.3 Å². The van der Waals surface area contributed by atoms with Crippen LogP contribution in [0.25, 0.3) is 0 Å². The Labute approximate surface area is 59.9 Å². The molecule has 0 rings (SSSR count). The third-order valence-electron chi connectivity index (χ3n) is 1.15. The van der Waals surface area contributed by atoms with Crippen LogP contribution in [0.1, 0.15) is 6.92 Å². The van der Waals surface area contributed by atoms with Crippen LogP contribution in [-0.2, 0) is 9.63 Å². The maximum absolute atomic E-state index is 10.9. The molecule has 0 aliphatic carbocycles. The van der Waals surface area contributed by atoms with Gasteiger partial charge in [0.05, 0.1) is 13.2 Å². The molecule has 1 amide bonds. The summed E-state index contributed by atoms with van der Waals surface area (Å²) < 4.78 is 0. The van der Waals surface area contributed by atoms with Crippen LogP contribution in [0, 0.1) is 17.2 Å². The van der Waals surface area contributed by atoms with Gasteiger partial charge >= 0.3 is 0 Å². The van der Waals surface area contributed by atoms with Crippen LogP contribution in [0.5, 0.6) is 0 Å². The fraction of sp³-hybridized carbons (Fsp3) is 0.667. The molecule has 0 aromatic carbocycles. The SMILES string of the molecule is CON(C)C(=O)C(C)C#N. The Kier molecular flexibility index (Phi) is 3.44. The van der Waals surface area contributed by atoms with Crippen LogP contribution >= 0.6 is 0 Å². The number of amides is 1. The molecule has 0 radical (unpaired) electrons. The number of carbonyl (C=O) groups is 1. The van der Waals surface area contributed by atoms with Gasteiger partial charge in [-0.25, -0.2) is 5.06 Å². The normalized spacial score (nSPS) is 11.8. The zero-order valence-corrected chi connectivity index (χ0v) is 6.29. The fourth-order valence-electron chi connectivity index (χ4n) is 0.418. The highest BCUT2D eigenvalue weighted by atomic mass is 16.7. The minimum Gasteiger partial charge on any atom is -0.275 e. The molecule has 0 aromatic heterocycles. The summed E-state index contributed by atoms with van der Waals surface area (Å²) in [6.45, 7) is 1.53. The lowest BCUT2D eigenvalue weighted by molar-refractivity contribution is -0.170. The minimum atomic E-state index is -0.634. The average molecular weight is 142 g/mol. The molecular formula is C6H10N2O2. The molecule has 4 heteroatoms. The van der Waals surface area contributed by atoms with Gasteiger partial charge in [0, 0.05) is 7.05 Å². The highest BCUT2D eigenvalue weighted by molar-refractivity contribution is 5.79. The molecule has 0 aliphatic heterocycles. The van der Waals surface area contributed by atoms with Crippen LogP contribution in [0.15, 0.2) is 0 Å². The number of hydrogen-bond donors (Lipinski definition) is 0. The number of rotatable bonds is 2. The molecule has 4 nitrogen and oxygen atoms in total. The average Bonchev–Trinajstić information content (AvgIpc) is 2.00. The molecule has 0 fully saturated rings. The quantitative estimate of drug-likeness (QED) is 0.516. The number of nitrogens with zero attached hydrogens (tertiary/aromatic N) is 2. The number of hydrogen-bond acceptors (Lipinski definition) is 3. The predicted octanol–water partition coefficient (Wildman–Crippen LogP) is 0.166. The predicted molar refractivity (Wildman–Crippen MR) is 34.6 cm³/mol. The Morgan fingerprint density at radius 3 is 2.60 bits per heavy atom. The summed E-state index contributed by atoms with van der Waals surface area (Å²) in [6.07, 6.45) is 0. The molecule has 0 heterocycles. The van der Waals surface area contributed by atoms with Gasteiger partial charge in [0.15, 0.2) is 0 Å². The van der Waals surface area contributed by atoms with E-state index in [0.717, 1.165) is 5.06 Å². The zero-order chi connectivity index (χ0) is 8.15. The summed E-state index contributed by atoms with van der Waals surface area (Å²) in [5, 5.41) is 9.33. The van der Waals surface area contributed by atoms with Crippen LogP contribution in [0.2, 0.25) is 0 Å². The maximum atomic E-state index is 10.9. The molecule has 0 spiro atoms. The Hall–Kier alpha value is -1.08. The molecule has 0 saturated carbocycles. The monoisotopic (exact) mass is 142 g/mol. The first-order valence-corrected chi connectivity index (χ1v) is 2.84. The van der Waals surface area contributed by atoms with Crippen LogP contribution in [0.4, 0.5) is 0 Å². The lowest BCUT2D eigenvalue weighted by atomic mass is 10.2. The first-order valence-electron chi connectivity index (χ1n) is 2.84. The summed E-state index contributed by atoms with van der Waals surface area (Å²) >= 11 is 0. The second kappa shape index (κ2) is 3.85. The van der Waals surface area contributed by atoms with E-state index < -0.39 is 5.92 Å². The van der Waals surface area contributed by atoms with Gasteiger partial charge in [-0.2, -0.15) is 5.26 Å². The minimum absolute atomic E-state index is 0.329. The van der Waals surface area contributed by atoms with Gasteiger partial charge in [-0.3, -0.25) is 9.63 Å². The van der Waals surface area contributed by atoms with Crippen molar-refractivity contribution in [2.24, 2.45) is 5.92 Å². The van der Waals surface area contributed by atoms with E-state index in [2.05, 4.69) is 4.84 Å². The first kappa shape index (κ1) is 8.92. The van der Waals surface area contributed by atoms with Gasteiger partial charge in [0.2, 0.25) is 0 Å². The van der Waals surface area contributed by atoms with Crippen LogP contribution < -0.4 is 0 Å². The summed E-state index contributed by atoms with van der Waals surface area (Å²) in [5.74, 6) is -0.963. The highest BCUT2D eigenvalue weighted by Crippen LogP contribution is 1.97. The standard InChI is InChI=1S/C6H10N2O2/c1-5(4-7)6(9)8(2)10-3/h5H,1-3H3. The van der Waals surface area contributed by atoms with Crippen molar-refractivity contribution in [3.05, 3.63) is 0 Å². The molecule has 0 aliphatic rings. The van der Waals surface area contributed by atoms with Crippen molar-refractivity contribution in [2.75, 3.05) is 14.2 Å². The van der Waals surface area contributed by atoms with Crippen molar-refractivity contribution in [1.82, 2.24) is 5.06 Å². The Balaban J connectivity index is 3.98. The Morgan fingerprint density at radius 2 is 2.30 bits per heavy atom. The van der Waals surface area contributed by atoms with E-state index in [9.17, 15) is 4.79 Å². The van der Waals surface area contributed by atoms with Gasteiger partial charge in [-0.05, 0) is 6.92 Å². The molecule has 56 valence electrons. The van der Waals surface area contributed by atoms with Crippen molar-refractivity contribution in [3.8, 4) is 6.07 Å². The van der Waals surface area contributed by atoms with E-state index in [1.807, 2.05) is 6.07 Å². The molecule has 0 aromatic rings. The van der Waals surface area contributed by atoms with Crippen molar-refractivity contribution >= 4 is 5.91 Å². The van der Waals surface area contributed by atoms with Gasteiger partial charge in [-0.1, -0.05) is 0 Å². The lowest BCUT2D eigenvalue weighted by Crippen LogP contribution is -2.29. The van der Waals surface area contributed by atoms with Crippen molar-refractivity contribution in [2.45, 2.75) is 6.92 Å². The molecule has 1 unspecified atom stereocenters. The molecule has 0 N–H and O–H groups in total. The Bertz CT molecular complexity index is 162. The van der Waals surface area contributed by atoms with Gasteiger partial charge < -0.3 is 0 Å². The second-order valence-electron chi connectivity index (χ2n) is 1.87. The number of carbonyl (C=O) groups excluding carboxylic acids is 1. The van der Waals surface area contributed by atoms with E-state index >= 15 is 0 Å². The van der Waals surface area contributed by atoms with Gasteiger partial charge in [0.1, 0.15) is 5.92 Å². The third-order valence-corrected chi connectivity index (χ3v) is 1.15. The third kappa shape index (κ3) is 2.03. The van der Waals surface area contributed by atoms with E-state index in [0.29, 0.717) is 0 Å². The van der Waals surface area contributed by atoms with Crippen LogP contribution in [-0.4, -0.2) is 25.1 Å². The molecule has 10 heavy (non-hydrogen) atoms. The first-order chi connectivity index (χ1) is 4.63. The number of nitriles is 1. The van der Waals surface area contributed by atoms with Gasteiger partial charge in [-0.15, -0.1) is 0 Å². The molecule has 0 bridgehead atoms. The second-order valence-corrected chi connectivity index (χ2v) is 1.87. The summed E-state index contributed by atoms with van der Waals surface area (Å²) in [5.41, 5.74) is 0. The van der Waals surface area contributed by atoms with Gasteiger partial charge in [0.25, 0.3) is 5.91 Å². The van der Waals surface area contributed by atoms with E-state index in [1.54, 1.807) is 0 Å². The molecule has 0 saturated heterocycles. The summed E-state index contributed by atoms with van der Waals surface area (Å²) in [7, 11) is 2.85. The van der Waals surface area contributed by atoms with E-state index in [-0.39, 0.29) is 5.91 Å². The highest BCUT2D eigenvalue weighted by Gasteiger charge is 2.15. The summed E-state index contributed by atoms with van der Waals surface area (Å²) in [6, 6.07) is 1.81. The smallest absolute Gasteiger partial charge is 0.262 e. The molecule has 1 atom stereocenters. The van der Waals surface area contributed by atoms with E-state index in [4.69, 9.17) is 5.26 Å². The maximum Gasteiger partial charge on any atom is 0.262 e. The van der Waals surface area contributed by atoms with Crippen LogP contribution in [0.3, 0.4) is 0 Å². The Morgan fingerprint density at radius 1 is 1.80 bits per heavy atom. The lowest BCUT2D eigenvalue weighted by Gasteiger charge is -2.13. The largest absolute Gasteiger partial charge is 0.275 e.